The molecule has 19 heavy (non-hydrogen) atoms. The maximum Gasteiger partial charge on any atom is 0.318 e. The lowest BCUT2D eigenvalue weighted by atomic mass is 10.1. The van der Waals surface area contributed by atoms with Crippen molar-refractivity contribution < 1.29 is 4.42 Å². The van der Waals surface area contributed by atoms with Crippen LogP contribution in [0.1, 0.15) is 12.8 Å². The van der Waals surface area contributed by atoms with Crippen LogP contribution in [-0.2, 0) is 0 Å². The molecule has 100 valence electrons. The second-order valence-electron chi connectivity index (χ2n) is 5.11. The van der Waals surface area contributed by atoms with Crippen LogP contribution in [0, 0.1) is 0 Å². The van der Waals surface area contributed by atoms with E-state index in [0.717, 1.165) is 13.1 Å². The number of nitrogens with zero attached hydrogens (tertiary/aromatic N) is 5. The summed E-state index contributed by atoms with van der Waals surface area (Å²) in [6.45, 7) is 4.41. The Morgan fingerprint density at radius 2 is 2.05 bits per heavy atom. The van der Waals surface area contributed by atoms with E-state index < -0.39 is 0 Å². The van der Waals surface area contributed by atoms with Crippen LogP contribution in [0.25, 0.3) is 11.6 Å². The summed E-state index contributed by atoms with van der Waals surface area (Å²) in [6, 6.07) is 1.16. The molecular weight excluding hydrogens is 244 g/mol. The van der Waals surface area contributed by atoms with E-state index >= 15 is 0 Å². The van der Waals surface area contributed by atoms with E-state index in [0.29, 0.717) is 23.6 Å². The highest BCUT2D eigenvalue weighted by molar-refractivity contribution is 5.46. The van der Waals surface area contributed by atoms with Gasteiger partial charge >= 0.3 is 6.01 Å². The lowest BCUT2D eigenvalue weighted by Crippen LogP contribution is -2.38. The molecule has 7 heteroatoms. The highest BCUT2D eigenvalue weighted by Gasteiger charge is 2.31. The first-order valence-electron chi connectivity index (χ1n) is 6.72. The smallest absolute Gasteiger partial charge is 0.318 e. The van der Waals surface area contributed by atoms with Gasteiger partial charge in [0.25, 0.3) is 5.89 Å². The van der Waals surface area contributed by atoms with Gasteiger partial charge in [-0.25, -0.2) is 4.98 Å². The Morgan fingerprint density at radius 3 is 2.84 bits per heavy atom. The second-order valence-corrected chi connectivity index (χ2v) is 5.11. The number of anilines is 1. The van der Waals surface area contributed by atoms with Crippen molar-refractivity contribution in [2.75, 3.05) is 31.1 Å². The van der Waals surface area contributed by atoms with E-state index in [1.807, 2.05) is 0 Å². The second kappa shape index (κ2) is 4.34. The van der Waals surface area contributed by atoms with Crippen LogP contribution in [0.5, 0.6) is 0 Å². The number of aromatic amines is 1. The Morgan fingerprint density at radius 1 is 1.16 bits per heavy atom. The molecule has 0 radical (unpaired) electrons. The van der Waals surface area contributed by atoms with Gasteiger partial charge in [0.15, 0.2) is 0 Å². The Hall–Kier alpha value is -1.89. The summed E-state index contributed by atoms with van der Waals surface area (Å²) in [5, 5.41) is 8.28. The molecule has 0 unspecified atom stereocenters. The monoisotopic (exact) mass is 260 g/mol. The summed E-state index contributed by atoms with van der Waals surface area (Å²) in [7, 11) is 0. The van der Waals surface area contributed by atoms with Crippen LogP contribution in [0.2, 0.25) is 0 Å². The van der Waals surface area contributed by atoms with Crippen molar-refractivity contribution in [2.24, 2.45) is 0 Å². The molecule has 0 atom stereocenters. The Balaban J connectivity index is 1.62. The summed E-state index contributed by atoms with van der Waals surface area (Å²) in [4.78, 5) is 11.8. The molecule has 7 nitrogen and oxygen atoms in total. The molecule has 0 amide bonds. The first kappa shape index (κ1) is 11.0. The van der Waals surface area contributed by atoms with Gasteiger partial charge in [-0.2, -0.15) is 0 Å². The topological polar surface area (TPSA) is 74.1 Å². The van der Waals surface area contributed by atoms with Gasteiger partial charge < -0.3 is 19.2 Å². The third-order valence-electron chi connectivity index (χ3n) is 4.03. The van der Waals surface area contributed by atoms with Gasteiger partial charge in [0, 0.05) is 38.4 Å². The zero-order valence-electron chi connectivity index (χ0n) is 10.6. The summed E-state index contributed by atoms with van der Waals surface area (Å²) < 4.78 is 5.78. The minimum atomic E-state index is 0.482. The fraction of sp³-hybridized carbons (Fsp3) is 0.583. The number of hydrogen-bond acceptors (Lipinski definition) is 6. The minimum Gasteiger partial charge on any atom is -0.401 e. The zero-order valence-corrected chi connectivity index (χ0v) is 10.6. The van der Waals surface area contributed by atoms with Crippen LogP contribution in [0.15, 0.2) is 16.9 Å². The first-order chi connectivity index (χ1) is 9.40. The van der Waals surface area contributed by atoms with E-state index in [1.54, 1.807) is 12.5 Å². The molecule has 2 bridgehead atoms. The van der Waals surface area contributed by atoms with Crippen LogP contribution in [0.3, 0.4) is 0 Å². The maximum atomic E-state index is 5.78. The molecule has 5 heterocycles. The van der Waals surface area contributed by atoms with Crippen molar-refractivity contribution in [3.63, 3.8) is 0 Å². The van der Waals surface area contributed by atoms with Gasteiger partial charge in [0.1, 0.15) is 5.69 Å². The quantitative estimate of drug-likeness (QED) is 0.858. The van der Waals surface area contributed by atoms with Gasteiger partial charge in [-0.05, 0) is 12.8 Å². The zero-order chi connectivity index (χ0) is 12.7. The number of rotatable bonds is 2. The Labute approximate surface area is 110 Å². The first-order valence-corrected chi connectivity index (χ1v) is 6.72. The third-order valence-corrected chi connectivity index (χ3v) is 4.03. The van der Waals surface area contributed by atoms with E-state index in [9.17, 15) is 0 Å². The number of imidazole rings is 1. The van der Waals surface area contributed by atoms with Crippen molar-refractivity contribution in [2.45, 2.75) is 18.9 Å². The molecular formula is C12H16N6O. The Kier molecular flexibility index (Phi) is 2.51. The van der Waals surface area contributed by atoms with Gasteiger partial charge in [0.05, 0.1) is 6.33 Å². The van der Waals surface area contributed by atoms with Crippen molar-refractivity contribution in [3.8, 4) is 11.6 Å². The maximum absolute atomic E-state index is 5.78. The van der Waals surface area contributed by atoms with Crippen molar-refractivity contribution in [1.82, 2.24) is 25.1 Å². The molecule has 0 spiro atoms. The molecule has 3 saturated heterocycles. The average molecular weight is 260 g/mol. The van der Waals surface area contributed by atoms with Gasteiger partial charge in [0.2, 0.25) is 0 Å². The lowest BCUT2D eigenvalue weighted by molar-refractivity contribution is 0.249. The van der Waals surface area contributed by atoms with E-state index in [-0.39, 0.29) is 0 Å². The average Bonchev–Trinajstić information content (AvgIpc) is 3.05. The largest absolute Gasteiger partial charge is 0.401 e. The van der Waals surface area contributed by atoms with Crippen LogP contribution in [0.4, 0.5) is 6.01 Å². The number of nitrogens with one attached hydrogen (secondary N) is 1. The van der Waals surface area contributed by atoms with Crippen LogP contribution < -0.4 is 4.90 Å². The number of aromatic nitrogens is 4. The predicted molar refractivity (Wildman–Crippen MR) is 68.7 cm³/mol. The van der Waals surface area contributed by atoms with E-state index in [4.69, 9.17) is 4.42 Å². The number of H-pyrrole nitrogens is 1. The summed E-state index contributed by atoms with van der Waals surface area (Å²) >= 11 is 0. The number of hydrogen-bond donors (Lipinski definition) is 1. The molecule has 2 aromatic heterocycles. The van der Waals surface area contributed by atoms with Crippen LogP contribution in [-0.4, -0.2) is 57.3 Å². The van der Waals surface area contributed by atoms with E-state index in [1.165, 1.54) is 25.9 Å². The highest BCUT2D eigenvalue weighted by Crippen LogP contribution is 2.27. The molecule has 3 aliphatic rings. The predicted octanol–water partition coefficient (Wildman–Crippen LogP) is 0.744. The lowest BCUT2D eigenvalue weighted by Gasteiger charge is -2.29. The molecule has 0 aliphatic carbocycles. The molecule has 0 aromatic carbocycles. The molecule has 3 fully saturated rings. The SMILES string of the molecule is c1nc(-c2nnc(N3CCN4CCC3CC4)o2)c[nH]1. The fourth-order valence-corrected chi connectivity index (χ4v) is 2.95. The van der Waals surface area contributed by atoms with Crippen molar-refractivity contribution in [1.29, 1.82) is 0 Å². The molecule has 3 aliphatic heterocycles. The van der Waals surface area contributed by atoms with Gasteiger partial charge in [-0.3, -0.25) is 0 Å². The van der Waals surface area contributed by atoms with Gasteiger partial charge in [-0.15, -0.1) is 5.10 Å². The summed E-state index contributed by atoms with van der Waals surface area (Å²) in [5.41, 5.74) is 0.696. The third kappa shape index (κ3) is 1.90. The highest BCUT2D eigenvalue weighted by atomic mass is 16.4. The van der Waals surface area contributed by atoms with Crippen molar-refractivity contribution in [3.05, 3.63) is 12.5 Å². The molecule has 5 rings (SSSR count). The van der Waals surface area contributed by atoms with Crippen molar-refractivity contribution >= 4 is 6.01 Å². The fourth-order valence-electron chi connectivity index (χ4n) is 2.95. The molecule has 2 aromatic rings. The van der Waals surface area contributed by atoms with Gasteiger partial charge in [-0.1, -0.05) is 5.10 Å². The minimum absolute atomic E-state index is 0.482. The Bertz CT molecular complexity index is 542. The standard InChI is InChI=1S/C12H16N6O/c1-3-17-4-2-9(1)18(6-5-17)12-16-15-11(19-12)10-7-13-8-14-10/h7-9H,1-6H2,(H,13,14). The summed E-state index contributed by atoms with van der Waals surface area (Å²) in [6.07, 6.45) is 5.73. The number of fused-ring (bicyclic) bond motifs is 4. The normalized spacial score (nSPS) is 26.6. The van der Waals surface area contributed by atoms with E-state index in [2.05, 4.69) is 30.0 Å². The van der Waals surface area contributed by atoms with Crippen LogP contribution >= 0.6 is 0 Å². The molecule has 0 saturated carbocycles. The summed E-state index contributed by atoms with van der Waals surface area (Å²) in [5.74, 6) is 0.482. The number of piperidine rings is 1. The molecule has 1 N–H and O–H groups in total.